The van der Waals surface area contributed by atoms with Gasteiger partial charge in [0.25, 0.3) is 0 Å². The molecule has 0 aliphatic rings. The zero-order chi connectivity index (χ0) is 3.58. The summed E-state index contributed by atoms with van der Waals surface area (Å²) >= 11 is 0. The molecule has 0 unspecified atom stereocenters. The standard InChI is InChI=1S/C3H5O.U/c1-3(2)4;/h1H2,2H3;/q-1;. The molecule has 2 heteroatoms. The first-order chi connectivity index (χ1) is 1.73. The Morgan fingerprint density at radius 1 is 1.80 bits per heavy atom. The summed E-state index contributed by atoms with van der Waals surface area (Å²) in [5.41, 5.74) is 0. The van der Waals surface area contributed by atoms with Gasteiger partial charge in [-0.2, -0.15) is 0 Å². The van der Waals surface area contributed by atoms with Crippen LogP contribution in [0.4, 0.5) is 0 Å². The fourth-order valence-electron chi connectivity index (χ4n) is 0. The van der Waals surface area contributed by atoms with Crippen molar-refractivity contribution in [3.05, 3.63) is 6.92 Å². The van der Waals surface area contributed by atoms with E-state index in [-0.39, 0.29) is 36.9 Å². The molecule has 0 fully saturated rings. The Hall–Kier alpha value is 0.592. The minimum absolute atomic E-state index is 0. The van der Waals surface area contributed by atoms with Gasteiger partial charge in [-0.25, -0.2) is 0 Å². The summed E-state index contributed by atoms with van der Waals surface area (Å²) in [6, 6.07) is 0. The van der Waals surface area contributed by atoms with Crippen molar-refractivity contribution in [1.29, 1.82) is 0 Å². The molecule has 0 heterocycles. The summed E-state index contributed by atoms with van der Waals surface area (Å²) in [6.07, 6.45) is 0. The molecule has 0 rings (SSSR count). The van der Waals surface area contributed by atoms with E-state index < -0.39 is 0 Å². The molecule has 0 aliphatic heterocycles. The molecule has 5 heavy (non-hydrogen) atoms. The number of carbonyl (C=O) groups is 1. The zero-order valence-electron chi connectivity index (χ0n) is 3.12. The number of carbonyl (C=O) groups excluding carboxylic acids is 1. The average Bonchev–Trinajstić information content (AvgIpc) is 0.811. The first-order valence-corrected chi connectivity index (χ1v) is 1.06. The van der Waals surface area contributed by atoms with Crippen molar-refractivity contribution >= 4 is 5.78 Å². The van der Waals surface area contributed by atoms with Gasteiger partial charge < -0.3 is 11.7 Å². The van der Waals surface area contributed by atoms with Gasteiger partial charge in [0.05, 0.1) is 0 Å². The number of rotatable bonds is 0. The minimum Gasteiger partial charge on any atom is -0.340 e. The topological polar surface area (TPSA) is 17.1 Å². The van der Waals surface area contributed by atoms with E-state index in [1.54, 1.807) is 0 Å². The fourth-order valence-corrected chi connectivity index (χ4v) is 0. The molecular weight excluding hydrogens is 290 g/mol. The van der Waals surface area contributed by atoms with Gasteiger partial charge in [0.2, 0.25) is 0 Å². The van der Waals surface area contributed by atoms with Crippen LogP contribution in [0, 0.1) is 38.0 Å². The van der Waals surface area contributed by atoms with E-state index in [2.05, 4.69) is 6.92 Å². The molecule has 28 valence electrons. The van der Waals surface area contributed by atoms with Gasteiger partial charge in [0.1, 0.15) is 0 Å². The summed E-state index contributed by atoms with van der Waals surface area (Å²) in [6.45, 7) is 4.42. The smallest absolute Gasteiger partial charge is 0 e. The summed E-state index contributed by atoms with van der Waals surface area (Å²) in [7, 11) is 0. The predicted molar refractivity (Wildman–Crippen MR) is 16.0 cm³/mol. The van der Waals surface area contributed by atoms with Gasteiger partial charge in [0, 0.05) is 31.1 Å². The first kappa shape index (κ1) is 9.14. The number of Topliss-reactive ketones (excluding diaryl/α,β-unsaturated/α-hetero) is 1. The van der Waals surface area contributed by atoms with Crippen LogP contribution < -0.4 is 0 Å². The summed E-state index contributed by atoms with van der Waals surface area (Å²) in [4.78, 5) is 9.33. The molecule has 0 radical (unpaired) electrons. The van der Waals surface area contributed by atoms with Crippen LogP contribution >= 0.6 is 0 Å². The SMILES string of the molecule is [CH2-]C(C)=O.[U]. The Labute approximate surface area is 55.5 Å². The van der Waals surface area contributed by atoms with E-state index in [1.807, 2.05) is 0 Å². The Balaban J connectivity index is 0. The van der Waals surface area contributed by atoms with Crippen LogP contribution in [0.2, 0.25) is 0 Å². The van der Waals surface area contributed by atoms with Crippen molar-refractivity contribution in [2.45, 2.75) is 6.92 Å². The van der Waals surface area contributed by atoms with E-state index in [0.29, 0.717) is 0 Å². The van der Waals surface area contributed by atoms with Crippen molar-refractivity contribution in [2.75, 3.05) is 0 Å². The van der Waals surface area contributed by atoms with E-state index in [4.69, 9.17) is 0 Å². The van der Waals surface area contributed by atoms with Gasteiger partial charge in [-0.15, -0.1) is 0 Å². The van der Waals surface area contributed by atoms with Gasteiger partial charge in [0.15, 0.2) is 0 Å². The van der Waals surface area contributed by atoms with Crippen LogP contribution in [0.25, 0.3) is 0 Å². The molecule has 0 bridgehead atoms. The summed E-state index contributed by atoms with van der Waals surface area (Å²) < 4.78 is 0. The molecule has 0 saturated carbocycles. The fraction of sp³-hybridized carbons (Fsp3) is 0.333. The normalized spacial score (nSPS) is 5.00. The first-order valence-electron chi connectivity index (χ1n) is 1.06. The molecule has 0 aromatic rings. The molecule has 0 aromatic carbocycles. The van der Waals surface area contributed by atoms with Crippen molar-refractivity contribution < 1.29 is 35.9 Å². The van der Waals surface area contributed by atoms with Crippen LogP contribution in [0.5, 0.6) is 0 Å². The molecule has 0 aromatic heterocycles. The summed E-state index contributed by atoms with van der Waals surface area (Å²) in [5.74, 6) is -0.0833. The number of ketones is 1. The van der Waals surface area contributed by atoms with E-state index in [0.717, 1.165) is 0 Å². The maximum atomic E-state index is 9.33. The monoisotopic (exact) mass is 295 g/mol. The second-order valence-electron chi connectivity index (χ2n) is 0.702. The Morgan fingerprint density at radius 2 is 1.80 bits per heavy atom. The summed E-state index contributed by atoms with van der Waals surface area (Å²) in [5, 5.41) is 0. The minimum atomic E-state index is -0.0833. The molecular formula is C3H5OU-. The maximum absolute atomic E-state index is 9.33. The quantitative estimate of drug-likeness (QED) is 0.592. The van der Waals surface area contributed by atoms with Crippen molar-refractivity contribution in [3.8, 4) is 0 Å². The van der Waals surface area contributed by atoms with Gasteiger partial charge >= 0.3 is 0 Å². The molecule has 0 amide bonds. The number of hydrogen-bond donors (Lipinski definition) is 0. The van der Waals surface area contributed by atoms with Gasteiger partial charge in [-0.1, -0.05) is 0 Å². The molecule has 0 spiro atoms. The van der Waals surface area contributed by atoms with Crippen LogP contribution in [0.1, 0.15) is 6.92 Å². The van der Waals surface area contributed by atoms with Crippen molar-refractivity contribution in [2.24, 2.45) is 0 Å². The van der Waals surface area contributed by atoms with Crippen LogP contribution in [-0.2, 0) is 4.79 Å². The van der Waals surface area contributed by atoms with Crippen LogP contribution in [-0.4, -0.2) is 5.78 Å². The molecule has 0 N–H and O–H groups in total. The second-order valence-corrected chi connectivity index (χ2v) is 0.702. The maximum Gasteiger partial charge on any atom is 0 e. The van der Waals surface area contributed by atoms with E-state index in [1.165, 1.54) is 6.92 Å². The molecule has 0 atom stereocenters. The number of hydrogen-bond acceptors (Lipinski definition) is 1. The average molecular weight is 295 g/mol. The van der Waals surface area contributed by atoms with Gasteiger partial charge in [-0.05, 0) is 12.7 Å². The third-order valence-electron chi connectivity index (χ3n) is 0. The van der Waals surface area contributed by atoms with Crippen molar-refractivity contribution in [3.63, 3.8) is 0 Å². The Morgan fingerprint density at radius 3 is 1.80 bits per heavy atom. The second kappa shape index (κ2) is 4.59. The molecule has 0 saturated heterocycles. The molecule has 1 nitrogen and oxygen atoms in total. The van der Waals surface area contributed by atoms with E-state index in [9.17, 15) is 4.79 Å². The Kier molecular flexibility index (Phi) is 8.39. The zero-order valence-corrected chi connectivity index (χ0v) is 7.28. The van der Waals surface area contributed by atoms with E-state index >= 15 is 0 Å². The third-order valence-corrected chi connectivity index (χ3v) is 0. The van der Waals surface area contributed by atoms with Crippen molar-refractivity contribution in [1.82, 2.24) is 0 Å². The largest absolute Gasteiger partial charge is 0.340 e. The predicted octanol–water partition coefficient (Wildman–Crippen LogP) is 0.409. The van der Waals surface area contributed by atoms with Crippen LogP contribution in [0.3, 0.4) is 0 Å². The van der Waals surface area contributed by atoms with Gasteiger partial charge in [-0.3, -0.25) is 0 Å². The Bertz CT molecular complexity index is 29.9. The van der Waals surface area contributed by atoms with Crippen LogP contribution in [0.15, 0.2) is 0 Å². The molecule has 0 aliphatic carbocycles. The third kappa shape index (κ3) is 88.0.